The van der Waals surface area contributed by atoms with Crippen LogP contribution >= 0.6 is 23.5 Å². The molecule has 0 nitrogen and oxygen atoms in total. The van der Waals surface area contributed by atoms with Crippen LogP contribution in [-0.4, -0.2) is 11.5 Å². The van der Waals surface area contributed by atoms with Crippen LogP contribution in [0.1, 0.15) is 105 Å². The van der Waals surface area contributed by atoms with E-state index in [0.717, 1.165) is 21.3 Å². The predicted octanol–water partition coefficient (Wildman–Crippen LogP) is 9.57. The SMILES string of the molecule is CC(C)(C)c1cc(SCCSc2cc(C(C)(C)C)cc(C(C)(C)C)c2[S-])c([S-])c(C(C)(C)C)c1. The van der Waals surface area contributed by atoms with Crippen LogP contribution in [0.4, 0.5) is 0 Å². The fourth-order valence-electron chi connectivity index (χ4n) is 3.70. The second kappa shape index (κ2) is 10.5. The van der Waals surface area contributed by atoms with Crippen molar-refractivity contribution in [1.29, 1.82) is 0 Å². The monoisotopic (exact) mass is 532 g/mol. The Hall–Kier alpha value is -0.420. The molecule has 0 saturated carbocycles. The van der Waals surface area contributed by atoms with E-state index in [-0.39, 0.29) is 21.7 Å². The topological polar surface area (TPSA) is 0 Å². The van der Waals surface area contributed by atoms with E-state index < -0.39 is 0 Å². The van der Waals surface area contributed by atoms with E-state index in [0.29, 0.717) is 0 Å². The van der Waals surface area contributed by atoms with E-state index >= 15 is 0 Å². The number of rotatable bonds is 5. The molecule has 0 aromatic heterocycles. The first-order chi connectivity index (χ1) is 15.2. The third-order valence-corrected chi connectivity index (χ3v) is 9.54. The minimum atomic E-state index is 0.0381. The molecule has 34 heavy (non-hydrogen) atoms. The molecule has 0 aliphatic rings. The molecule has 0 amide bonds. The van der Waals surface area contributed by atoms with Crippen LogP contribution in [0.25, 0.3) is 0 Å². The molecule has 0 spiro atoms. The van der Waals surface area contributed by atoms with E-state index in [1.807, 2.05) is 23.5 Å². The minimum Gasteiger partial charge on any atom is -0.778 e. The lowest BCUT2D eigenvalue weighted by Crippen LogP contribution is -2.18. The molecule has 0 radical (unpaired) electrons. The van der Waals surface area contributed by atoms with E-state index in [1.54, 1.807) is 0 Å². The number of hydrogen-bond acceptors (Lipinski definition) is 4. The summed E-state index contributed by atoms with van der Waals surface area (Å²) in [7, 11) is 0. The van der Waals surface area contributed by atoms with Gasteiger partial charge >= 0.3 is 0 Å². The largest absolute Gasteiger partial charge is 0.778 e. The zero-order chi connectivity index (χ0) is 26.3. The summed E-state index contributed by atoms with van der Waals surface area (Å²) >= 11 is 15.7. The predicted molar refractivity (Wildman–Crippen MR) is 160 cm³/mol. The molecule has 2 aromatic carbocycles. The summed E-state index contributed by atoms with van der Waals surface area (Å²) in [5.41, 5.74) is 5.56. The summed E-state index contributed by atoms with van der Waals surface area (Å²) in [5.74, 6) is 2.01. The average Bonchev–Trinajstić information content (AvgIpc) is 2.63. The summed E-state index contributed by atoms with van der Waals surface area (Å²) in [6, 6.07) is 9.31. The van der Waals surface area contributed by atoms with E-state index in [4.69, 9.17) is 25.3 Å². The summed E-state index contributed by atoms with van der Waals surface area (Å²) in [4.78, 5) is 4.52. The Kier molecular flexibility index (Phi) is 9.22. The van der Waals surface area contributed by atoms with Crippen LogP contribution in [0.3, 0.4) is 0 Å². The maximum absolute atomic E-state index is 5.96. The molecule has 0 aliphatic heterocycles. The van der Waals surface area contributed by atoms with E-state index in [9.17, 15) is 0 Å². The van der Waals surface area contributed by atoms with Gasteiger partial charge in [-0.3, -0.25) is 0 Å². The number of hydrogen-bond donors (Lipinski definition) is 0. The standard InChI is InChI=1S/C30H46S4/c1-27(2,3)19-15-21(29(7,8)9)25(31)23(17-19)33-13-14-34-24-18-20(28(4,5)6)16-22(26(24)32)30(10,11)12/h15-18,31-32H,13-14H2,1-12H3/p-2. The van der Waals surface area contributed by atoms with Gasteiger partial charge in [0.05, 0.1) is 0 Å². The summed E-state index contributed by atoms with van der Waals surface area (Å²) in [5, 5.41) is 0. The summed E-state index contributed by atoms with van der Waals surface area (Å²) < 4.78 is 0. The summed E-state index contributed by atoms with van der Waals surface area (Å²) in [6.07, 6.45) is 0. The van der Waals surface area contributed by atoms with Crippen LogP contribution in [0.2, 0.25) is 0 Å². The first-order valence-corrected chi connectivity index (χ1v) is 15.0. The van der Waals surface area contributed by atoms with Crippen molar-refractivity contribution in [3.8, 4) is 0 Å². The molecule has 0 heterocycles. The van der Waals surface area contributed by atoms with Crippen LogP contribution in [0, 0.1) is 0 Å². The van der Waals surface area contributed by atoms with Gasteiger partial charge in [-0.25, -0.2) is 0 Å². The van der Waals surface area contributed by atoms with E-state index in [2.05, 4.69) is 107 Å². The highest BCUT2D eigenvalue weighted by Gasteiger charge is 2.23. The van der Waals surface area contributed by atoms with Gasteiger partial charge in [0.15, 0.2) is 0 Å². The van der Waals surface area contributed by atoms with Crippen molar-refractivity contribution in [2.75, 3.05) is 11.5 Å². The quantitative estimate of drug-likeness (QED) is 0.213. The molecular weight excluding hydrogens is 489 g/mol. The van der Waals surface area contributed by atoms with Gasteiger partial charge in [-0.05, 0) is 54.7 Å². The van der Waals surface area contributed by atoms with Crippen LogP contribution in [-0.2, 0) is 46.9 Å². The summed E-state index contributed by atoms with van der Waals surface area (Å²) in [6.45, 7) is 27.2. The van der Waals surface area contributed by atoms with Crippen LogP contribution in [0.5, 0.6) is 0 Å². The first kappa shape index (κ1) is 29.8. The van der Waals surface area contributed by atoms with Crippen molar-refractivity contribution in [3.63, 3.8) is 0 Å². The van der Waals surface area contributed by atoms with Gasteiger partial charge in [-0.2, -0.15) is 9.79 Å². The maximum Gasteiger partial charge on any atom is 0.00740 e. The van der Waals surface area contributed by atoms with Crippen LogP contribution in [0.15, 0.2) is 43.8 Å². The molecule has 0 saturated heterocycles. The number of thioether (sulfide) groups is 2. The zero-order valence-electron chi connectivity index (χ0n) is 23.4. The van der Waals surface area contributed by atoms with Crippen molar-refractivity contribution in [2.24, 2.45) is 0 Å². The third kappa shape index (κ3) is 7.54. The minimum absolute atomic E-state index is 0.0381. The van der Waals surface area contributed by atoms with Crippen molar-refractivity contribution < 1.29 is 0 Å². The lowest BCUT2D eigenvalue weighted by atomic mass is 9.80. The van der Waals surface area contributed by atoms with Gasteiger partial charge in [0.1, 0.15) is 0 Å². The second-order valence-electron chi connectivity index (χ2n) is 13.4. The van der Waals surface area contributed by atoms with Crippen LogP contribution < -0.4 is 0 Å². The smallest absolute Gasteiger partial charge is 0.00740 e. The maximum atomic E-state index is 5.96. The second-order valence-corrected chi connectivity index (χ2v) is 16.5. The van der Waals surface area contributed by atoms with Gasteiger partial charge in [-0.15, -0.1) is 23.5 Å². The normalized spacial score (nSPS) is 13.4. The fourth-order valence-corrected chi connectivity index (χ4v) is 6.91. The lowest BCUT2D eigenvalue weighted by Gasteiger charge is -2.33. The lowest BCUT2D eigenvalue weighted by molar-refractivity contribution is 0.554. The van der Waals surface area contributed by atoms with E-state index in [1.165, 1.54) is 32.0 Å². The Morgan fingerprint density at radius 1 is 0.500 bits per heavy atom. The van der Waals surface area contributed by atoms with Gasteiger partial charge in [0.25, 0.3) is 0 Å². The highest BCUT2D eigenvalue weighted by atomic mass is 32.2. The molecule has 0 unspecified atom stereocenters. The molecule has 2 rings (SSSR count). The highest BCUT2D eigenvalue weighted by Crippen LogP contribution is 2.40. The Morgan fingerprint density at radius 3 is 1.03 bits per heavy atom. The molecule has 190 valence electrons. The highest BCUT2D eigenvalue weighted by molar-refractivity contribution is 8.03. The van der Waals surface area contributed by atoms with Gasteiger partial charge in [0, 0.05) is 11.5 Å². The molecule has 0 atom stereocenters. The zero-order valence-corrected chi connectivity index (χ0v) is 26.6. The molecular formula is C30H44S4-2. The van der Waals surface area contributed by atoms with Gasteiger partial charge in [-0.1, -0.05) is 106 Å². The third-order valence-electron chi connectivity index (χ3n) is 6.06. The Bertz CT molecular complexity index is 923. The molecule has 0 fully saturated rings. The molecule has 0 N–H and O–H groups in total. The van der Waals surface area contributed by atoms with Crippen molar-refractivity contribution >= 4 is 48.8 Å². The van der Waals surface area contributed by atoms with Crippen molar-refractivity contribution in [2.45, 2.75) is 124 Å². The molecule has 2 aromatic rings. The van der Waals surface area contributed by atoms with Gasteiger partial charge < -0.3 is 25.3 Å². The molecule has 0 bridgehead atoms. The van der Waals surface area contributed by atoms with Crippen molar-refractivity contribution in [3.05, 3.63) is 46.5 Å². The molecule has 0 aliphatic carbocycles. The Balaban J connectivity index is 2.29. The number of benzene rings is 2. The Morgan fingerprint density at radius 2 is 0.794 bits per heavy atom. The van der Waals surface area contributed by atoms with Gasteiger partial charge in [0.2, 0.25) is 0 Å². The molecule has 4 heteroatoms. The first-order valence-electron chi connectivity index (χ1n) is 12.2. The average molecular weight is 533 g/mol. The Labute approximate surface area is 230 Å². The van der Waals surface area contributed by atoms with Crippen molar-refractivity contribution in [1.82, 2.24) is 0 Å². The fraction of sp³-hybridized carbons (Fsp3) is 0.600.